The third-order valence-corrected chi connectivity index (χ3v) is 9.51. The highest BCUT2D eigenvalue weighted by atomic mass is 32.2. The van der Waals surface area contributed by atoms with Crippen LogP contribution in [0.3, 0.4) is 0 Å². The molecule has 0 aliphatic heterocycles. The van der Waals surface area contributed by atoms with Gasteiger partial charge < -0.3 is 11.1 Å². The van der Waals surface area contributed by atoms with Gasteiger partial charge in [0.1, 0.15) is 0 Å². The van der Waals surface area contributed by atoms with Crippen molar-refractivity contribution in [2.24, 2.45) is 22.5 Å². The molecular weight excluding hydrogens is 376 g/mol. The van der Waals surface area contributed by atoms with Crippen molar-refractivity contribution >= 4 is 17.7 Å². The van der Waals surface area contributed by atoms with Crippen LogP contribution in [0.5, 0.6) is 0 Å². The third kappa shape index (κ3) is 3.44. The Morgan fingerprint density at radius 1 is 1.07 bits per heavy atom. The number of carbonyl (C=O) groups is 1. The minimum Gasteiger partial charge on any atom is -0.353 e. The first-order valence-corrected chi connectivity index (χ1v) is 13.0. The molecule has 5 saturated carbocycles. The minimum absolute atomic E-state index is 0.162. The van der Waals surface area contributed by atoms with Gasteiger partial charge in [-0.15, -0.1) is 0 Å². The van der Waals surface area contributed by atoms with E-state index in [1.165, 1.54) is 30.6 Å². The maximum Gasteiger partial charge on any atom is 0.226 e. The van der Waals surface area contributed by atoms with Crippen molar-refractivity contribution in [2.45, 2.75) is 81.7 Å². The molecule has 1 aromatic carbocycles. The molecule has 6 rings (SSSR count). The Balaban J connectivity index is 1.46. The van der Waals surface area contributed by atoms with E-state index in [0.29, 0.717) is 29.3 Å². The van der Waals surface area contributed by atoms with Crippen LogP contribution in [-0.4, -0.2) is 30.0 Å². The van der Waals surface area contributed by atoms with E-state index < -0.39 is 0 Å². The average Bonchev–Trinajstić information content (AvgIpc) is 2.69. The standard InChI is InChI=1S/C25H36N2OS/c1-29-17-23-11-18-12-24(14-23,19-5-3-2-4-6-19)16-25(13-18,15-23)22(28)27-21-9-7-20(26)8-10-21/h2-6,18,20-21H,7-17,26H2,1H3,(H,27,28)/t18-,20?,21?,23-,24+,25-/m0/s1. The normalized spacial score (nSPS) is 43.3. The molecule has 3 nitrogen and oxygen atoms in total. The molecule has 0 aromatic heterocycles. The van der Waals surface area contributed by atoms with Crippen molar-refractivity contribution in [2.75, 3.05) is 12.0 Å². The Bertz CT molecular complexity index is 761. The highest BCUT2D eigenvalue weighted by Crippen LogP contribution is 2.70. The molecule has 3 N–H and O–H groups in total. The first-order chi connectivity index (χ1) is 14.0. The smallest absolute Gasteiger partial charge is 0.226 e. The summed E-state index contributed by atoms with van der Waals surface area (Å²) in [5.74, 6) is 2.27. The fraction of sp³-hybridized carbons (Fsp3) is 0.720. The first kappa shape index (κ1) is 19.9. The largest absolute Gasteiger partial charge is 0.353 e. The molecule has 1 aromatic rings. The fourth-order valence-corrected chi connectivity index (χ4v) is 9.01. The van der Waals surface area contributed by atoms with E-state index in [1.54, 1.807) is 0 Å². The van der Waals surface area contributed by atoms with Gasteiger partial charge in [0.2, 0.25) is 5.91 Å². The van der Waals surface area contributed by atoms with Gasteiger partial charge in [0.15, 0.2) is 0 Å². The topological polar surface area (TPSA) is 55.1 Å². The van der Waals surface area contributed by atoms with E-state index in [1.807, 2.05) is 11.8 Å². The molecule has 4 atom stereocenters. The van der Waals surface area contributed by atoms with Gasteiger partial charge in [-0.05, 0) is 98.5 Å². The molecule has 0 radical (unpaired) electrons. The summed E-state index contributed by atoms with van der Waals surface area (Å²) in [6.07, 6.45) is 13.6. The molecule has 1 amide bonds. The van der Waals surface area contributed by atoms with E-state index in [2.05, 4.69) is 41.9 Å². The molecule has 0 unspecified atom stereocenters. The van der Waals surface area contributed by atoms with Crippen molar-refractivity contribution in [3.63, 3.8) is 0 Å². The molecule has 5 aliphatic carbocycles. The van der Waals surface area contributed by atoms with Crippen molar-refractivity contribution in [1.82, 2.24) is 5.32 Å². The number of amides is 1. The van der Waals surface area contributed by atoms with Gasteiger partial charge in [-0.3, -0.25) is 4.79 Å². The van der Waals surface area contributed by atoms with Crippen LogP contribution < -0.4 is 11.1 Å². The van der Waals surface area contributed by atoms with Gasteiger partial charge in [-0.2, -0.15) is 11.8 Å². The maximum atomic E-state index is 13.8. The highest BCUT2D eigenvalue weighted by Gasteiger charge is 2.65. The molecule has 0 saturated heterocycles. The second kappa shape index (κ2) is 7.30. The zero-order chi connectivity index (χ0) is 20.1. The van der Waals surface area contributed by atoms with Crippen LogP contribution in [0.15, 0.2) is 30.3 Å². The molecule has 4 heteroatoms. The van der Waals surface area contributed by atoms with Crippen LogP contribution in [0.4, 0.5) is 0 Å². The quantitative estimate of drug-likeness (QED) is 0.740. The fourth-order valence-electron chi connectivity index (χ4n) is 8.07. The zero-order valence-electron chi connectivity index (χ0n) is 17.8. The van der Waals surface area contributed by atoms with E-state index in [4.69, 9.17) is 5.73 Å². The molecule has 5 aliphatic rings. The summed E-state index contributed by atoms with van der Waals surface area (Å²) in [5.41, 5.74) is 7.94. The number of thioether (sulfide) groups is 1. The van der Waals surface area contributed by atoms with E-state index >= 15 is 0 Å². The lowest BCUT2D eigenvalue weighted by Crippen LogP contribution is -2.64. The number of nitrogens with one attached hydrogen (secondary N) is 1. The molecule has 5 fully saturated rings. The second-order valence-corrected chi connectivity index (χ2v) is 11.8. The van der Waals surface area contributed by atoms with Crippen LogP contribution in [0.1, 0.15) is 69.8 Å². The van der Waals surface area contributed by atoms with Crippen LogP contribution >= 0.6 is 11.8 Å². The van der Waals surface area contributed by atoms with Crippen LogP contribution in [0.2, 0.25) is 0 Å². The van der Waals surface area contributed by atoms with Crippen molar-refractivity contribution in [1.29, 1.82) is 0 Å². The van der Waals surface area contributed by atoms with E-state index in [9.17, 15) is 4.79 Å². The summed E-state index contributed by atoms with van der Waals surface area (Å²) in [5, 5.41) is 3.52. The summed E-state index contributed by atoms with van der Waals surface area (Å²) in [6, 6.07) is 11.8. The number of nitrogens with two attached hydrogens (primary N) is 1. The second-order valence-electron chi connectivity index (χ2n) is 11.0. The highest BCUT2D eigenvalue weighted by molar-refractivity contribution is 7.98. The predicted molar refractivity (Wildman–Crippen MR) is 121 cm³/mol. The Morgan fingerprint density at radius 2 is 1.83 bits per heavy atom. The molecule has 4 bridgehead atoms. The average molecular weight is 413 g/mol. The number of hydrogen-bond donors (Lipinski definition) is 2. The summed E-state index contributed by atoms with van der Waals surface area (Å²) >= 11 is 1.98. The Labute approximate surface area is 180 Å². The van der Waals surface area contributed by atoms with Gasteiger partial charge >= 0.3 is 0 Å². The molecule has 0 spiro atoms. The summed E-state index contributed by atoms with van der Waals surface area (Å²) < 4.78 is 0. The van der Waals surface area contributed by atoms with Gasteiger partial charge in [-0.25, -0.2) is 0 Å². The van der Waals surface area contributed by atoms with Crippen LogP contribution in [0.25, 0.3) is 0 Å². The Hall–Kier alpha value is -1.00. The lowest BCUT2D eigenvalue weighted by atomic mass is 9.38. The van der Waals surface area contributed by atoms with E-state index in [0.717, 1.165) is 44.9 Å². The maximum absolute atomic E-state index is 13.8. The summed E-state index contributed by atoms with van der Waals surface area (Å²) in [6.45, 7) is 0. The molecular formula is C25H36N2OS. The number of benzene rings is 1. The third-order valence-electron chi connectivity index (χ3n) is 8.61. The number of rotatable bonds is 5. The predicted octanol–water partition coefficient (Wildman–Crippen LogP) is 4.64. The van der Waals surface area contributed by atoms with Gasteiger partial charge in [0.25, 0.3) is 0 Å². The van der Waals surface area contributed by atoms with Gasteiger partial charge in [-0.1, -0.05) is 30.3 Å². The molecule has 29 heavy (non-hydrogen) atoms. The van der Waals surface area contributed by atoms with Crippen molar-refractivity contribution < 1.29 is 4.79 Å². The zero-order valence-corrected chi connectivity index (χ0v) is 18.6. The first-order valence-electron chi connectivity index (χ1n) is 11.6. The van der Waals surface area contributed by atoms with Gasteiger partial charge in [0.05, 0.1) is 5.41 Å². The molecule has 158 valence electrons. The van der Waals surface area contributed by atoms with Crippen molar-refractivity contribution in [3.05, 3.63) is 35.9 Å². The van der Waals surface area contributed by atoms with Crippen LogP contribution in [-0.2, 0) is 10.2 Å². The summed E-state index contributed by atoms with van der Waals surface area (Å²) in [4.78, 5) is 13.8. The lowest BCUT2D eigenvalue weighted by Gasteiger charge is -2.66. The minimum atomic E-state index is -0.162. The number of hydrogen-bond acceptors (Lipinski definition) is 3. The Morgan fingerprint density at radius 3 is 2.55 bits per heavy atom. The monoisotopic (exact) mass is 412 g/mol. The SMILES string of the molecule is CSC[C@]12C[C@@H]3C[C@](C(=O)NC4CCC(N)CC4)(C1)C[C@@](c1ccccc1)(C3)C2. The molecule has 0 heterocycles. The Kier molecular flexibility index (Phi) is 5.02. The van der Waals surface area contributed by atoms with E-state index in [-0.39, 0.29) is 10.8 Å². The lowest BCUT2D eigenvalue weighted by molar-refractivity contribution is -0.160. The van der Waals surface area contributed by atoms with Crippen molar-refractivity contribution in [3.8, 4) is 0 Å². The van der Waals surface area contributed by atoms with Gasteiger partial charge in [0, 0.05) is 12.1 Å². The summed E-state index contributed by atoms with van der Waals surface area (Å²) in [7, 11) is 0. The number of carbonyl (C=O) groups excluding carboxylic acids is 1. The van der Waals surface area contributed by atoms with Crippen LogP contribution in [0, 0.1) is 16.7 Å².